The lowest BCUT2D eigenvalue weighted by atomic mass is 9.88. The third kappa shape index (κ3) is 2.81. The number of anilines is 1. The van der Waals surface area contributed by atoms with Crippen LogP contribution in [0.4, 0.5) is 5.69 Å². The molecule has 1 atom stereocenters. The summed E-state index contributed by atoms with van der Waals surface area (Å²) in [6, 6.07) is 6.70. The summed E-state index contributed by atoms with van der Waals surface area (Å²) in [5, 5.41) is 5.43. The maximum Gasteiger partial charge on any atom is 0.232 e. The fourth-order valence-electron chi connectivity index (χ4n) is 2.00. The van der Waals surface area contributed by atoms with Gasteiger partial charge in [-0.2, -0.15) is 0 Å². The van der Waals surface area contributed by atoms with E-state index < -0.39 is 5.41 Å². The minimum absolute atomic E-state index is 0.0181. The molecule has 0 radical (unpaired) electrons. The van der Waals surface area contributed by atoms with Crippen molar-refractivity contribution in [3.8, 4) is 0 Å². The summed E-state index contributed by atoms with van der Waals surface area (Å²) in [6.07, 6.45) is 0.199. The second-order valence-corrected chi connectivity index (χ2v) is 5.10. The van der Waals surface area contributed by atoms with E-state index in [1.165, 1.54) is 6.92 Å². The Morgan fingerprint density at radius 1 is 1.26 bits per heavy atom. The second kappa shape index (κ2) is 4.84. The molecule has 0 aliphatic carbocycles. The molecule has 1 fully saturated rings. The zero-order valence-electron chi connectivity index (χ0n) is 10.9. The van der Waals surface area contributed by atoms with Crippen LogP contribution < -0.4 is 10.6 Å². The highest BCUT2D eigenvalue weighted by Gasteiger charge is 2.40. The lowest BCUT2D eigenvalue weighted by molar-refractivity contribution is -0.126. The monoisotopic (exact) mass is 260 g/mol. The molecule has 5 nitrogen and oxygen atoms in total. The first-order valence-electron chi connectivity index (χ1n) is 6.10. The lowest BCUT2D eigenvalue weighted by Gasteiger charge is -2.20. The number of ketones is 1. The molecule has 1 aliphatic heterocycles. The molecule has 0 saturated carbocycles. The SMILES string of the molecule is CC(=O)c1ccc(NC(=O)C2(C)CNC(=O)C2)cc1. The Kier molecular flexibility index (Phi) is 3.38. The predicted octanol–water partition coefficient (Wildman–Crippen LogP) is 1.35. The van der Waals surface area contributed by atoms with Crippen LogP contribution in [-0.2, 0) is 9.59 Å². The highest BCUT2D eigenvalue weighted by atomic mass is 16.2. The van der Waals surface area contributed by atoms with Gasteiger partial charge in [0.25, 0.3) is 0 Å². The zero-order valence-corrected chi connectivity index (χ0v) is 10.9. The second-order valence-electron chi connectivity index (χ2n) is 5.10. The van der Waals surface area contributed by atoms with Crippen molar-refractivity contribution in [1.82, 2.24) is 5.32 Å². The Balaban J connectivity index is 2.07. The summed E-state index contributed by atoms with van der Waals surface area (Å²) >= 11 is 0. The molecule has 2 rings (SSSR count). The highest BCUT2D eigenvalue weighted by Crippen LogP contribution is 2.27. The van der Waals surface area contributed by atoms with Crippen LogP contribution in [0, 0.1) is 5.41 Å². The molecule has 1 heterocycles. The molecular formula is C14H16N2O3. The third-order valence-corrected chi connectivity index (χ3v) is 3.32. The van der Waals surface area contributed by atoms with Gasteiger partial charge in [-0.05, 0) is 38.1 Å². The summed E-state index contributed by atoms with van der Waals surface area (Å²) in [5.41, 5.74) is 0.508. The number of hydrogen-bond donors (Lipinski definition) is 2. The molecule has 5 heteroatoms. The van der Waals surface area contributed by atoms with Crippen LogP contribution in [0.25, 0.3) is 0 Å². The number of Topliss-reactive ketones (excluding diaryl/α,β-unsaturated/α-hetero) is 1. The van der Waals surface area contributed by atoms with E-state index in [0.29, 0.717) is 17.8 Å². The van der Waals surface area contributed by atoms with E-state index in [4.69, 9.17) is 0 Å². The first-order valence-corrected chi connectivity index (χ1v) is 6.10. The minimum atomic E-state index is -0.712. The van der Waals surface area contributed by atoms with Gasteiger partial charge in [0.15, 0.2) is 5.78 Å². The van der Waals surface area contributed by atoms with Gasteiger partial charge in [-0.3, -0.25) is 14.4 Å². The standard InChI is InChI=1S/C14H16N2O3/c1-9(17)10-3-5-11(6-4-10)16-13(19)14(2)7-12(18)15-8-14/h3-6H,7-8H2,1-2H3,(H,15,18)(H,16,19). The zero-order chi connectivity index (χ0) is 14.0. The van der Waals surface area contributed by atoms with Gasteiger partial charge in [0.1, 0.15) is 0 Å². The molecular weight excluding hydrogens is 244 g/mol. The smallest absolute Gasteiger partial charge is 0.232 e. The Labute approximate surface area is 111 Å². The van der Waals surface area contributed by atoms with Crippen molar-refractivity contribution >= 4 is 23.3 Å². The van der Waals surface area contributed by atoms with Crippen molar-refractivity contribution < 1.29 is 14.4 Å². The number of amides is 2. The van der Waals surface area contributed by atoms with E-state index >= 15 is 0 Å². The van der Waals surface area contributed by atoms with Gasteiger partial charge < -0.3 is 10.6 Å². The highest BCUT2D eigenvalue weighted by molar-refractivity contribution is 6.00. The van der Waals surface area contributed by atoms with Crippen LogP contribution in [0.1, 0.15) is 30.6 Å². The van der Waals surface area contributed by atoms with E-state index in [2.05, 4.69) is 10.6 Å². The van der Waals surface area contributed by atoms with Crippen LogP contribution in [-0.4, -0.2) is 24.1 Å². The van der Waals surface area contributed by atoms with E-state index in [0.717, 1.165) is 0 Å². The van der Waals surface area contributed by atoms with Crippen LogP contribution >= 0.6 is 0 Å². The first kappa shape index (κ1) is 13.3. The van der Waals surface area contributed by atoms with Crippen molar-refractivity contribution in [2.24, 2.45) is 5.41 Å². The topological polar surface area (TPSA) is 75.3 Å². The lowest BCUT2D eigenvalue weighted by Crippen LogP contribution is -2.35. The van der Waals surface area contributed by atoms with Gasteiger partial charge in [-0.15, -0.1) is 0 Å². The molecule has 100 valence electrons. The fourth-order valence-corrected chi connectivity index (χ4v) is 2.00. The number of rotatable bonds is 3. The average molecular weight is 260 g/mol. The van der Waals surface area contributed by atoms with E-state index in [9.17, 15) is 14.4 Å². The van der Waals surface area contributed by atoms with Gasteiger partial charge in [0, 0.05) is 24.2 Å². The van der Waals surface area contributed by atoms with Crippen molar-refractivity contribution in [2.45, 2.75) is 20.3 Å². The Morgan fingerprint density at radius 2 is 1.89 bits per heavy atom. The number of carbonyl (C=O) groups excluding carboxylic acids is 3. The third-order valence-electron chi connectivity index (χ3n) is 3.32. The van der Waals surface area contributed by atoms with E-state index in [-0.39, 0.29) is 24.0 Å². The van der Waals surface area contributed by atoms with Gasteiger partial charge in [-0.25, -0.2) is 0 Å². The summed E-state index contributed by atoms with van der Waals surface area (Å²) < 4.78 is 0. The molecule has 2 N–H and O–H groups in total. The van der Waals surface area contributed by atoms with Crippen molar-refractivity contribution in [2.75, 3.05) is 11.9 Å². The molecule has 1 aliphatic rings. The van der Waals surface area contributed by atoms with Crippen LogP contribution in [0.15, 0.2) is 24.3 Å². The largest absolute Gasteiger partial charge is 0.355 e. The van der Waals surface area contributed by atoms with E-state index in [1.54, 1.807) is 31.2 Å². The normalized spacial score (nSPS) is 21.9. The number of hydrogen-bond acceptors (Lipinski definition) is 3. The summed E-state index contributed by atoms with van der Waals surface area (Å²) in [5.74, 6) is -0.318. The average Bonchev–Trinajstić information content (AvgIpc) is 2.71. The molecule has 0 spiro atoms. The van der Waals surface area contributed by atoms with Crippen LogP contribution in [0.5, 0.6) is 0 Å². The fraction of sp³-hybridized carbons (Fsp3) is 0.357. The minimum Gasteiger partial charge on any atom is -0.355 e. The Hall–Kier alpha value is -2.17. The number of carbonyl (C=O) groups is 3. The van der Waals surface area contributed by atoms with Gasteiger partial charge in [-0.1, -0.05) is 0 Å². The molecule has 0 aromatic heterocycles. The van der Waals surface area contributed by atoms with Crippen molar-refractivity contribution in [3.63, 3.8) is 0 Å². The Bertz CT molecular complexity index is 536. The van der Waals surface area contributed by atoms with Crippen LogP contribution in [0.2, 0.25) is 0 Å². The van der Waals surface area contributed by atoms with Crippen LogP contribution in [0.3, 0.4) is 0 Å². The molecule has 1 saturated heterocycles. The molecule has 1 aromatic carbocycles. The maximum absolute atomic E-state index is 12.1. The summed E-state index contributed by atoms with van der Waals surface area (Å²) in [7, 11) is 0. The molecule has 1 aromatic rings. The first-order chi connectivity index (χ1) is 8.90. The quantitative estimate of drug-likeness (QED) is 0.806. The molecule has 0 bridgehead atoms. The number of nitrogens with one attached hydrogen (secondary N) is 2. The predicted molar refractivity (Wildman–Crippen MR) is 70.8 cm³/mol. The number of benzene rings is 1. The molecule has 2 amide bonds. The van der Waals surface area contributed by atoms with Gasteiger partial charge in [0.05, 0.1) is 5.41 Å². The maximum atomic E-state index is 12.1. The summed E-state index contributed by atoms with van der Waals surface area (Å²) in [6.45, 7) is 3.60. The van der Waals surface area contributed by atoms with Gasteiger partial charge in [0.2, 0.25) is 11.8 Å². The molecule has 1 unspecified atom stereocenters. The van der Waals surface area contributed by atoms with Crippen molar-refractivity contribution in [1.29, 1.82) is 0 Å². The van der Waals surface area contributed by atoms with Gasteiger partial charge >= 0.3 is 0 Å². The summed E-state index contributed by atoms with van der Waals surface area (Å²) in [4.78, 5) is 34.5. The Morgan fingerprint density at radius 3 is 2.37 bits per heavy atom. The molecule has 19 heavy (non-hydrogen) atoms. The van der Waals surface area contributed by atoms with Crippen molar-refractivity contribution in [3.05, 3.63) is 29.8 Å². The van der Waals surface area contributed by atoms with E-state index in [1.807, 2.05) is 0 Å².